The highest BCUT2D eigenvalue weighted by molar-refractivity contribution is 6.05. The Bertz CT molecular complexity index is 507. The molecule has 0 aliphatic heterocycles. The first-order valence-corrected chi connectivity index (χ1v) is 6.19. The number of hydrogen-bond donors (Lipinski definition) is 0. The Morgan fingerprint density at radius 2 is 2.05 bits per heavy atom. The fourth-order valence-electron chi connectivity index (χ4n) is 3.56. The molecule has 19 heavy (non-hydrogen) atoms. The van der Waals surface area contributed by atoms with E-state index in [-0.39, 0.29) is 17.3 Å². The van der Waals surface area contributed by atoms with Gasteiger partial charge in [0.2, 0.25) is 6.20 Å². The first-order valence-electron chi connectivity index (χ1n) is 6.19. The van der Waals surface area contributed by atoms with Gasteiger partial charge in [-0.3, -0.25) is 19.7 Å². The van der Waals surface area contributed by atoms with Crippen molar-refractivity contribution < 1.29 is 19.2 Å². The summed E-state index contributed by atoms with van der Waals surface area (Å²) in [6, 6.07) is 0. The van der Waals surface area contributed by atoms with Gasteiger partial charge in [0.15, 0.2) is 5.78 Å². The quantitative estimate of drug-likeness (QED) is 0.329. The molecular formula is C13H17NO5. The molecule has 0 saturated heterocycles. The number of nitro groups is 1. The summed E-state index contributed by atoms with van der Waals surface area (Å²) in [5, 5.41) is 10.6. The molecule has 0 aromatic rings. The third kappa shape index (κ3) is 1.62. The van der Waals surface area contributed by atoms with Gasteiger partial charge in [0.25, 0.3) is 0 Å². The zero-order chi connectivity index (χ0) is 14.6. The molecule has 2 fully saturated rings. The van der Waals surface area contributed by atoms with E-state index in [4.69, 9.17) is 4.74 Å². The predicted molar refractivity (Wildman–Crippen MR) is 65.6 cm³/mol. The van der Waals surface area contributed by atoms with Crippen molar-refractivity contribution in [2.24, 2.45) is 16.7 Å². The number of esters is 1. The minimum absolute atomic E-state index is 0.236. The van der Waals surface area contributed by atoms with Gasteiger partial charge in [0.1, 0.15) is 6.10 Å². The van der Waals surface area contributed by atoms with Gasteiger partial charge in [-0.05, 0) is 18.8 Å². The Morgan fingerprint density at radius 3 is 2.47 bits per heavy atom. The Kier molecular flexibility index (Phi) is 2.80. The molecule has 3 atom stereocenters. The van der Waals surface area contributed by atoms with Crippen LogP contribution in [0.2, 0.25) is 0 Å². The smallest absolute Gasteiger partial charge is 0.302 e. The standard InChI is InChI=1S/C13H17NO5/c1-7(15)19-10-5-9-8(6-14(17)18)11(16)13(10,4)12(9,2)3/h6,9-10H,5H2,1-4H3/b8-6-. The van der Waals surface area contributed by atoms with E-state index < -0.39 is 27.8 Å². The molecule has 0 heterocycles. The van der Waals surface area contributed by atoms with Gasteiger partial charge in [0, 0.05) is 12.8 Å². The summed E-state index contributed by atoms with van der Waals surface area (Å²) in [7, 11) is 0. The third-order valence-electron chi connectivity index (χ3n) is 4.97. The zero-order valence-corrected chi connectivity index (χ0v) is 11.4. The van der Waals surface area contributed by atoms with E-state index >= 15 is 0 Å². The Hall–Kier alpha value is -1.72. The number of carbonyl (C=O) groups excluding carboxylic acids is 2. The lowest BCUT2D eigenvalue weighted by atomic mass is 9.69. The van der Waals surface area contributed by atoms with Gasteiger partial charge in [0.05, 0.1) is 15.9 Å². The Balaban J connectivity index is 2.47. The molecule has 0 aromatic carbocycles. The molecule has 6 heteroatoms. The van der Waals surface area contributed by atoms with Crippen LogP contribution in [0.3, 0.4) is 0 Å². The Morgan fingerprint density at radius 1 is 1.47 bits per heavy atom. The molecule has 2 saturated carbocycles. The SMILES string of the molecule is CC(=O)OC1CC2/C(=C/[N+](=O)[O-])C(=O)C1(C)C2(C)C. The number of rotatable bonds is 2. The number of allylic oxidation sites excluding steroid dienone is 1. The summed E-state index contributed by atoms with van der Waals surface area (Å²) in [4.78, 5) is 33.7. The van der Waals surface area contributed by atoms with Crippen molar-refractivity contribution in [2.75, 3.05) is 0 Å². The average molecular weight is 267 g/mol. The second-order valence-electron chi connectivity index (χ2n) is 6.01. The van der Waals surface area contributed by atoms with E-state index in [0.29, 0.717) is 6.42 Å². The van der Waals surface area contributed by atoms with Crippen molar-refractivity contribution in [2.45, 2.75) is 40.2 Å². The van der Waals surface area contributed by atoms with Gasteiger partial charge in [-0.2, -0.15) is 0 Å². The summed E-state index contributed by atoms with van der Waals surface area (Å²) in [6.07, 6.45) is 0.778. The highest BCUT2D eigenvalue weighted by Crippen LogP contribution is 2.66. The molecule has 0 radical (unpaired) electrons. The van der Waals surface area contributed by atoms with Crippen molar-refractivity contribution in [1.29, 1.82) is 0 Å². The normalized spacial score (nSPS) is 37.7. The Labute approximate surface area is 111 Å². The van der Waals surface area contributed by atoms with Crippen molar-refractivity contribution in [3.8, 4) is 0 Å². The van der Waals surface area contributed by atoms with Crippen molar-refractivity contribution >= 4 is 11.8 Å². The van der Waals surface area contributed by atoms with E-state index in [0.717, 1.165) is 6.20 Å². The van der Waals surface area contributed by atoms with Gasteiger partial charge in [-0.25, -0.2) is 0 Å². The van der Waals surface area contributed by atoms with Crippen LogP contribution in [0.25, 0.3) is 0 Å². The molecule has 6 nitrogen and oxygen atoms in total. The second-order valence-corrected chi connectivity index (χ2v) is 6.01. The molecule has 2 aliphatic carbocycles. The lowest BCUT2D eigenvalue weighted by Crippen LogP contribution is -2.44. The van der Waals surface area contributed by atoms with E-state index in [2.05, 4.69) is 0 Å². The lowest BCUT2D eigenvalue weighted by molar-refractivity contribution is -0.403. The molecule has 0 spiro atoms. The maximum Gasteiger partial charge on any atom is 0.302 e. The van der Waals surface area contributed by atoms with Gasteiger partial charge >= 0.3 is 5.97 Å². The summed E-state index contributed by atoms with van der Waals surface area (Å²) < 4.78 is 5.25. The number of hydrogen-bond acceptors (Lipinski definition) is 5. The van der Waals surface area contributed by atoms with Gasteiger partial charge in [-0.1, -0.05) is 13.8 Å². The number of ketones is 1. The number of ether oxygens (including phenoxy) is 1. The maximum atomic E-state index is 12.5. The first kappa shape index (κ1) is 13.7. The summed E-state index contributed by atoms with van der Waals surface area (Å²) in [6.45, 7) is 6.85. The molecule has 0 aromatic heterocycles. The summed E-state index contributed by atoms with van der Waals surface area (Å²) >= 11 is 0. The van der Waals surface area contributed by atoms with Gasteiger partial charge < -0.3 is 4.74 Å². The van der Waals surface area contributed by atoms with E-state index in [1.807, 2.05) is 13.8 Å². The van der Waals surface area contributed by atoms with Crippen LogP contribution in [0.1, 0.15) is 34.1 Å². The largest absolute Gasteiger partial charge is 0.461 e. The van der Waals surface area contributed by atoms with Crippen molar-refractivity contribution in [1.82, 2.24) is 0 Å². The van der Waals surface area contributed by atoms with Crippen LogP contribution in [-0.4, -0.2) is 22.8 Å². The molecular weight excluding hydrogens is 250 g/mol. The molecule has 0 N–H and O–H groups in total. The van der Waals surface area contributed by atoms with Crippen LogP contribution >= 0.6 is 0 Å². The van der Waals surface area contributed by atoms with Crippen LogP contribution in [0, 0.1) is 26.9 Å². The summed E-state index contributed by atoms with van der Waals surface area (Å²) in [5.41, 5.74) is -1.09. The van der Waals surface area contributed by atoms with E-state index in [1.54, 1.807) is 6.92 Å². The molecule has 3 unspecified atom stereocenters. The molecule has 2 bridgehead atoms. The number of fused-ring (bicyclic) bond motifs is 2. The fourth-order valence-corrected chi connectivity index (χ4v) is 3.56. The van der Waals surface area contributed by atoms with E-state index in [1.165, 1.54) is 6.92 Å². The maximum absolute atomic E-state index is 12.5. The second kappa shape index (κ2) is 3.88. The van der Waals surface area contributed by atoms with Crippen LogP contribution in [0.4, 0.5) is 0 Å². The average Bonchev–Trinajstić information content (AvgIpc) is 2.51. The molecule has 2 aliphatic rings. The topological polar surface area (TPSA) is 86.5 Å². The zero-order valence-electron chi connectivity index (χ0n) is 11.4. The number of nitrogens with zero attached hydrogens (tertiary/aromatic N) is 1. The van der Waals surface area contributed by atoms with E-state index in [9.17, 15) is 19.7 Å². The van der Waals surface area contributed by atoms with Crippen LogP contribution < -0.4 is 0 Å². The minimum Gasteiger partial charge on any atom is -0.461 e. The van der Waals surface area contributed by atoms with Crippen LogP contribution in [0.15, 0.2) is 11.8 Å². The molecule has 2 rings (SSSR count). The summed E-state index contributed by atoms with van der Waals surface area (Å²) in [5.74, 6) is -0.932. The minimum atomic E-state index is -0.884. The predicted octanol–water partition coefficient (Wildman–Crippen LogP) is 1.71. The lowest BCUT2D eigenvalue weighted by Gasteiger charge is -2.36. The van der Waals surface area contributed by atoms with Crippen LogP contribution in [0.5, 0.6) is 0 Å². The third-order valence-corrected chi connectivity index (χ3v) is 4.97. The van der Waals surface area contributed by atoms with Crippen LogP contribution in [-0.2, 0) is 14.3 Å². The number of carbonyl (C=O) groups is 2. The highest BCUT2D eigenvalue weighted by atomic mass is 16.6. The highest BCUT2D eigenvalue weighted by Gasteiger charge is 2.71. The number of Topliss-reactive ketones (excluding diaryl/α,β-unsaturated/α-hetero) is 1. The van der Waals surface area contributed by atoms with Crippen molar-refractivity contribution in [3.05, 3.63) is 21.9 Å². The first-order chi connectivity index (χ1) is 8.62. The van der Waals surface area contributed by atoms with Crippen molar-refractivity contribution in [3.63, 3.8) is 0 Å². The fraction of sp³-hybridized carbons (Fsp3) is 0.692. The molecule has 104 valence electrons. The monoisotopic (exact) mass is 267 g/mol. The van der Waals surface area contributed by atoms with Gasteiger partial charge in [-0.15, -0.1) is 0 Å². The molecule has 0 amide bonds.